The number of amides is 1. The standard InChI is InChI=1S/C21H19NO3S2/c1-15(18-8-5-13-26-18)22-20(23)14-25-21(24)12-10-17-9-11-19(27-17)16-6-3-2-4-7-16/h2-13,15H,14H2,1H3,(H,22,23)/b12-10+/t15-/m0/s1. The van der Waals surface area contributed by atoms with Crippen LogP contribution in [0.15, 0.2) is 66.1 Å². The number of thiophene rings is 2. The number of hydrogen-bond acceptors (Lipinski definition) is 5. The van der Waals surface area contributed by atoms with Gasteiger partial charge in [-0.3, -0.25) is 4.79 Å². The highest BCUT2D eigenvalue weighted by molar-refractivity contribution is 7.16. The van der Waals surface area contributed by atoms with Gasteiger partial charge >= 0.3 is 5.97 Å². The number of ether oxygens (including phenoxy) is 1. The molecule has 0 aliphatic carbocycles. The summed E-state index contributed by atoms with van der Waals surface area (Å²) in [6, 6.07) is 17.8. The molecule has 4 nitrogen and oxygen atoms in total. The minimum atomic E-state index is -0.538. The van der Waals surface area contributed by atoms with Crippen LogP contribution in [0.4, 0.5) is 0 Å². The average Bonchev–Trinajstić information content (AvgIpc) is 3.37. The topological polar surface area (TPSA) is 55.4 Å². The minimum absolute atomic E-state index is 0.103. The zero-order valence-corrected chi connectivity index (χ0v) is 16.4. The summed E-state index contributed by atoms with van der Waals surface area (Å²) < 4.78 is 5.01. The Morgan fingerprint density at radius 1 is 1.11 bits per heavy atom. The molecule has 0 radical (unpaired) electrons. The molecule has 0 aliphatic rings. The van der Waals surface area contributed by atoms with Gasteiger partial charge in [-0.1, -0.05) is 36.4 Å². The number of esters is 1. The van der Waals surface area contributed by atoms with Gasteiger partial charge in [-0.15, -0.1) is 22.7 Å². The molecule has 0 saturated heterocycles. The summed E-state index contributed by atoms with van der Waals surface area (Å²) in [5, 5.41) is 4.76. The van der Waals surface area contributed by atoms with E-state index in [0.29, 0.717) is 0 Å². The predicted molar refractivity (Wildman–Crippen MR) is 111 cm³/mol. The fourth-order valence-corrected chi connectivity index (χ4v) is 4.08. The Labute approximate surface area is 166 Å². The maximum absolute atomic E-state index is 11.9. The van der Waals surface area contributed by atoms with Gasteiger partial charge in [0.2, 0.25) is 0 Å². The van der Waals surface area contributed by atoms with Gasteiger partial charge in [0.25, 0.3) is 5.91 Å². The normalized spacial score (nSPS) is 12.0. The van der Waals surface area contributed by atoms with E-state index in [-0.39, 0.29) is 18.6 Å². The Morgan fingerprint density at radius 3 is 2.67 bits per heavy atom. The van der Waals surface area contributed by atoms with Crippen LogP contribution in [-0.4, -0.2) is 18.5 Å². The molecule has 138 valence electrons. The predicted octanol–water partition coefficient (Wildman–Crippen LogP) is 4.91. The van der Waals surface area contributed by atoms with E-state index in [1.54, 1.807) is 28.7 Å². The van der Waals surface area contributed by atoms with Crippen molar-refractivity contribution in [3.8, 4) is 10.4 Å². The van der Waals surface area contributed by atoms with E-state index >= 15 is 0 Å². The lowest BCUT2D eigenvalue weighted by Gasteiger charge is -2.11. The lowest BCUT2D eigenvalue weighted by atomic mass is 10.2. The lowest BCUT2D eigenvalue weighted by molar-refractivity contribution is -0.144. The largest absolute Gasteiger partial charge is 0.452 e. The van der Waals surface area contributed by atoms with Crippen LogP contribution in [0.2, 0.25) is 0 Å². The Hall–Kier alpha value is -2.70. The quantitative estimate of drug-likeness (QED) is 0.455. The summed E-state index contributed by atoms with van der Waals surface area (Å²) in [5.41, 5.74) is 1.14. The average molecular weight is 398 g/mol. The van der Waals surface area contributed by atoms with Gasteiger partial charge in [-0.2, -0.15) is 0 Å². The van der Waals surface area contributed by atoms with Crippen molar-refractivity contribution < 1.29 is 14.3 Å². The highest BCUT2D eigenvalue weighted by atomic mass is 32.1. The first-order valence-corrected chi connectivity index (χ1v) is 10.1. The van der Waals surface area contributed by atoms with Gasteiger partial charge in [-0.25, -0.2) is 4.79 Å². The Balaban J connectivity index is 1.46. The second-order valence-corrected chi connectivity index (χ2v) is 7.91. The van der Waals surface area contributed by atoms with Crippen molar-refractivity contribution in [1.29, 1.82) is 0 Å². The zero-order chi connectivity index (χ0) is 19.1. The fourth-order valence-electron chi connectivity index (χ4n) is 2.43. The van der Waals surface area contributed by atoms with Crippen LogP contribution in [0.25, 0.3) is 16.5 Å². The van der Waals surface area contributed by atoms with Crippen molar-refractivity contribution in [1.82, 2.24) is 5.32 Å². The first-order chi connectivity index (χ1) is 13.1. The smallest absolute Gasteiger partial charge is 0.331 e. The van der Waals surface area contributed by atoms with Gasteiger partial charge in [0.1, 0.15) is 0 Å². The molecule has 1 atom stereocenters. The van der Waals surface area contributed by atoms with Crippen molar-refractivity contribution in [2.45, 2.75) is 13.0 Å². The highest BCUT2D eigenvalue weighted by Gasteiger charge is 2.11. The van der Waals surface area contributed by atoms with Gasteiger partial charge in [-0.05, 0) is 42.1 Å². The van der Waals surface area contributed by atoms with Crippen LogP contribution in [0.3, 0.4) is 0 Å². The molecule has 0 fully saturated rings. The monoisotopic (exact) mass is 397 g/mol. The summed E-state index contributed by atoms with van der Waals surface area (Å²) in [6.07, 6.45) is 3.04. The minimum Gasteiger partial charge on any atom is -0.452 e. The molecule has 0 bridgehead atoms. The Kier molecular flexibility index (Phi) is 6.57. The third kappa shape index (κ3) is 5.64. The van der Waals surface area contributed by atoms with Crippen LogP contribution >= 0.6 is 22.7 Å². The number of nitrogens with one attached hydrogen (secondary N) is 1. The molecule has 0 aliphatic heterocycles. The Morgan fingerprint density at radius 2 is 1.93 bits per heavy atom. The van der Waals surface area contributed by atoms with Crippen molar-refractivity contribution in [2.24, 2.45) is 0 Å². The van der Waals surface area contributed by atoms with Crippen LogP contribution in [0.5, 0.6) is 0 Å². The second-order valence-electron chi connectivity index (χ2n) is 5.81. The second kappa shape index (κ2) is 9.30. The molecule has 0 unspecified atom stereocenters. The lowest BCUT2D eigenvalue weighted by Crippen LogP contribution is -2.30. The molecule has 1 N–H and O–H groups in total. The summed E-state index contributed by atoms with van der Waals surface area (Å²) >= 11 is 3.16. The number of rotatable bonds is 7. The summed E-state index contributed by atoms with van der Waals surface area (Å²) in [7, 11) is 0. The van der Waals surface area contributed by atoms with E-state index in [2.05, 4.69) is 5.32 Å². The summed E-state index contributed by atoms with van der Waals surface area (Å²) in [6.45, 7) is 1.60. The Bertz CT molecular complexity index is 914. The summed E-state index contributed by atoms with van der Waals surface area (Å²) in [5.74, 6) is -0.858. The number of hydrogen-bond donors (Lipinski definition) is 1. The number of carbonyl (C=O) groups is 2. The third-order valence-electron chi connectivity index (χ3n) is 3.76. The molecule has 6 heteroatoms. The van der Waals surface area contributed by atoms with E-state index < -0.39 is 5.97 Å². The first kappa shape index (κ1) is 19.1. The van der Waals surface area contributed by atoms with Gasteiger partial charge in [0, 0.05) is 20.7 Å². The van der Waals surface area contributed by atoms with E-state index in [1.807, 2.05) is 66.9 Å². The zero-order valence-electron chi connectivity index (χ0n) is 14.8. The van der Waals surface area contributed by atoms with Crippen LogP contribution in [-0.2, 0) is 14.3 Å². The maximum atomic E-state index is 11.9. The first-order valence-electron chi connectivity index (χ1n) is 8.44. The van der Waals surface area contributed by atoms with E-state index in [0.717, 1.165) is 20.2 Å². The molecule has 0 saturated carbocycles. The molecule has 1 aromatic carbocycles. The summed E-state index contributed by atoms with van der Waals surface area (Å²) in [4.78, 5) is 26.8. The van der Waals surface area contributed by atoms with Gasteiger partial charge < -0.3 is 10.1 Å². The molecule has 3 aromatic rings. The molecule has 0 spiro atoms. The van der Waals surface area contributed by atoms with Gasteiger partial charge in [0.15, 0.2) is 6.61 Å². The van der Waals surface area contributed by atoms with Crippen molar-refractivity contribution >= 4 is 40.6 Å². The molecule has 3 rings (SSSR count). The molecule has 1 amide bonds. The van der Waals surface area contributed by atoms with Crippen LogP contribution in [0, 0.1) is 0 Å². The van der Waals surface area contributed by atoms with Gasteiger partial charge in [0.05, 0.1) is 6.04 Å². The van der Waals surface area contributed by atoms with Crippen LogP contribution in [0.1, 0.15) is 22.7 Å². The third-order valence-corrected chi connectivity index (χ3v) is 5.92. The number of carbonyl (C=O) groups excluding carboxylic acids is 2. The highest BCUT2D eigenvalue weighted by Crippen LogP contribution is 2.28. The van der Waals surface area contributed by atoms with E-state index in [1.165, 1.54) is 6.08 Å². The molecular weight excluding hydrogens is 378 g/mol. The fraction of sp³-hybridized carbons (Fsp3) is 0.143. The molecule has 27 heavy (non-hydrogen) atoms. The molecule has 2 heterocycles. The number of benzene rings is 1. The SMILES string of the molecule is C[C@H](NC(=O)COC(=O)/C=C/c1ccc(-c2ccccc2)s1)c1cccs1. The molecule has 2 aromatic heterocycles. The maximum Gasteiger partial charge on any atom is 0.331 e. The van der Waals surface area contributed by atoms with Crippen molar-refractivity contribution in [3.63, 3.8) is 0 Å². The van der Waals surface area contributed by atoms with Crippen molar-refractivity contribution in [2.75, 3.05) is 6.61 Å². The molecular formula is C21H19NO3S2. The van der Waals surface area contributed by atoms with E-state index in [9.17, 15) is 9.59 Å². The van der Waals surface area contributed by atoms with E-state index in [4.69, 9.17) is 4.74 Å². The van der Waals surface area contributed by atoms with Crippen molar-refractivity contribution in [3.05, 3.63) is 75.8 Å². The van der Waals surface area contributed by atoms with Crippen LogP contribution < -0.4 is 5.32 Å².